The molecule has 1 saturated heterocycles. The number of amides is 2. The molecule has 0 spiro atoms. The Hall–Kier alpha value is -3.33. The standard InChI is InChI=1S/C22H23N3O5S/c1-4-25-19(26)13-18(20(27)24-16-7-5-6-8-17(16)29-2)31-22(25)23-15-11-9-14(10-12-15)21(28)30-3/h5-12,18H,4,13H2,1-3H3,(H,24,27). The van der Waals surface area contributed by atoms with Crippen molar-refractivity contribution >= 4 is 46.1 Å². The van der Waals surface area contributed by atoms with E-state index < -0.39 is 11.2 Å². The Morgan fingerprint density at radius 2 is 1.87 bits per heavy atom. The van der Waals surface area contributed by atoms with Gasteiger partial charge in [-0.15, -0.1) is 0 Å². The molecule has 1 aliphatic rings. The zero-order valence-electron chi connectivity index (χ0n) is 17.5. The number of carbonyl (C=O) groups excluding carboxylic acids is 3. The summed E-state index contributed by atoms with van der Waals surface area (Å²) >= 11 is 1.23. The maximum Gasteiger partial charge on any atom is 0.337 e. The Morgan fingerprint density at radius 1 is 1.16 bits per heavy atom. The Balaban J connectivity index is 1.81. The van der Waals surface area contributed by atoms with Gasteiger partial charge in [0.2, 0.25) is 11.8 Å². The van der Waals surface area contributed by atoms with Crippen molar-refractivity contribution in [2.24, 2.45) is 4.99 Å². The Labute approximate surface area is 184 Å². The van der Waals surface area contributed by atoms with E-state index in [-0.39, 0.29) is 18.2 Å². The van der Waals surface area contributed by atoms with Crippen LogP contribution in [-0.4, -0.2) is 53.9 Å². The maximum absolute atomic E-state index is 12.9. The fourth-order valence-electron chi connectivity index (χ4n) is 3.01. The van der Waals surface area contributed by atoms with Gasteiger partial charge in [-0.05, 0) is 43.3 Å². The van der Waals surface area contributed by atoms with Crippen LogP contribution in [0.2, 0.25) is 0 Å². The van der Waals surface area contributed by atoms with Gasteiger partial charge in [-0.2, -0.15) is 0 Å². The highest BCUT2D eigenvalue weighted by atomic mass is 32.2. The number of aliphatic imine (C=N–C) groups is 1. The van der Waals surface area contributed by atoms with Crippen LogP contribution in [0.1, 0.15) is 23.7 Å². The first-order valence-electron chi connectivity index (χ1n) is 9.64. The molecule has 0 radical (unpaired) electrons. The second-order valence-electron chi connectivity index (χ2n) is 6.57. The van der Waals surface area contributed by atoms with Crippen molar-refractivity contribution in [1.82, 2.24) is 4.90 Å². The lowest BCUT2D eigenvalue weighted by Gasteiger charge is -2.31. The smallest absolute Gasteiger partial charge is 0.337 e. The molecule has 2 amide bonds. The molecule has 2 aromatic carbocycles. The number of hydrogen-bond acceptors (Lipinski definition) is 7. The number of methoxy groups -OCH3 is 2. The lowest BCUT2D eigenvalue weighted by atomic mass is 10.2. The molecule has 0 aromatic heterocycles. The molecule has 0 aliphatic carbocycles. The van der Waals surface area contributed by atoms with Gasteiger partial charge in [0.15, 0.2) is 5.17 Å². The summed E-state index contributed by atoms with van der Waals surface area (Å²) in [4.78, 5) is 43.2. The van der Waals surface area contributed by atoms with E-state index >= 15 is 0 Å². The van der Waals surface area contributed by atoms with E-state index in [0.717, 1.165) is 0 Å². The second kappa shape index (κ2) is 10.1. The largest absolute Gasteiger partial charge is 0.495 e. The van der Waals surface area contributed by atoms with E-state index in [2.05, 4.69) is 10.3 Å². The summed E-state index contributed by atoms with van der Waals surface area (Å²) in [6, 6.07) is 13.6. The van der Waals surface area contributed by atoms with Crippen LogP contribution in [0.25, 0.3) is 0 Å². The minimum absolute atomic E-state index is 0.0692. The number of nitrogens with one attached hydrogen (secondary N) is 1. The van der Waals surface area contributed by atoms with Crippen molar-refractivity contribution in [3.05, 3.63) is 54.1 Å². The van der Waals surface area contributed by atoms with Crippen molar-refractivity contribution in [2.75, 3.05) is 26.1 Å². The van der Waals surface area contributed by atoms with Crippen LogP contribution in [0.15, 0.2) is 53.5 Å². The first kappa shape index (κ1) is 22.4. The summed E-state index contributed by atoms with van der Waals surface area (Å²) in [5, 5.41) is 2.64. The summed E-state index contributed by atoms with van der Waals surface area (Å²) in [5.74, 6) is -0.374. The number of ether oxygens (including phenoxy) is 2. The molecule has 1 unspecified atom stereocenters. The number of esters is 1. The number of anilines is 1. The molecule has 0 bridgehead atoms. The summed E-state index contributed by atoms with van der Waals surface area (Å²) in [7, 11) is 2.84. The topological polar surface area (TPSA) is 97.3 Å². The van der Waals surface area contributed by atoms with Gasteiger partial charge in [0, 0.05) is 13.0 Å². The molecular weight excluding hydrogens is 418 g/mol. The number of benzene rings is 2. The van der Waals surface area contributed by atoms with Crippen molar-refractivity contribution < 1.29 is 23.9 Å². The van der Waals surface area contributed by atoms with E-state index in [1.807, 2.05) is 13.0 Å². The van der Waals surface area contributed by atoms with Crippen LogP contribution >= 0.6 is 11.8 Å². The predicted molar refractivity (Wildman–Crippen MR) is 120 cm³/mol. The molecule has 3 rings (SSSR count). The zero-order chi connectivity index (χ0) is 22.4. The zero-order valence-corrected chi connectivity index (χ0v) is 18.3. The summed E-state index contributed by atoms with van der Waals surface area (Å²) < 4.78 is 9.97. The lowest BCUT2D eigenvalue weighted by Crippen LogP contribution is -2.45. The highest BCUT2D eigenvalue weighted by Crippen LogP contribution is 2.31. The summed E-state index contributed by atoms with van der Waals surface area (Å²) in [6.07, 6.45) is 0.0692. The van der Waals surface area contributed by atoms with Gasteiger partial charge >= 0.3 is 5.97 Å². The lowest BCUT2D eigenvalue weighted by molar-refractivity contribution is -0.129. The van der Waals surface area contributed by atoms with Gasteiger partial charge in [0.25, 0.3) is 0 Å². The van der Waals surface area contributed by atoms with Gasteiger partial charge in [0.05, 0.1) is 31.2 Å². The Morgan fingerprint density at radius 3 is 2.52 bits per heavy atom. The first-order chi connectivity index (χ1) is 15.0. The van der Waals surface area contributed by atoms with Crippen molar-refractivity contribution in [3.8, 4) is 5.75 Å². The van der Waals surface area contributed by atoms with E-state index in [9.17, 15) is 14.4 Å². The van der Waals surface area contributed by atoms with E-state index in [1.54, 1.807) is 47.4 Å². The highest BCUT2D eigenvalue weighted by molar-refractivity contribution is 8.15. The first-order valence-corrected chi connectivity index (χ1v) is 10.5. The van der Waals surface area contributed by atoms with Gasteiger partial charge in [-0.1, -0.05) is 23.9 Å². The molecule has 8 nitrogen and oxygen atoms in total. The fraction of sp³-hybridized carbons (Fsp3) is 0.273. The normalized spacial score (nSPS) is 17.4. The molecule has 1 heterocycles. The molecule has 1 atom stereocenters. The number of thioether (sulfide) groups is 1. The molecule has 1 N–H and O–H groups in total. The molecule has 0 saturated carbocycles. The van der Waals surface area contributed by atoms with Gasteiger partial charge in [0.1, 0.15) is 11.0 Å². The predicted octanol–water partition coefficient (Wildman–Crippen LogP) is 3.46. The van der Waals surface area contributed by atoms with E-state index in [0.29, 0.717) is 34.4 Å². The fourth-order valence-corrected chi connectivity index (χ4v) is 4.18. The van der Waals surface area contributed by atoms with Gasteiger partial charge in [-0.3, -0.25) is 14.5 Å². The maximum atomic E-state index is 12.9. The Bertz CT molecular complexity index is 1010. The third kappa shape index (κ3) is 5.24. The van der Waals surface area contributed by atoms with Crippen molar-refractivity contribution in [3.63, 3.8) is 0 Å². The molecule has 1 fully saturated rings. The minimum Gasteiger partial charge on any atom is -0.495 e. The number of amidine groups is 1. The van der Waals surface area contributed by atoms with Crippen LogP contribution in [0.5, 0.6) is 5.75 Å². The molecular formula is C22H23N3O5S. The minimum atomic E-state index is -0.631. The van der Waals surface area contributed by atoms with Gasteiger partial charge in [-0.25, -0.2) is 9.79 Å². The van der Waals surface area contributed by atoms with Crippen LogP contribution < -0.4 is 10.1 Å². The molecule has 31 heavy (non-hydrogen) atoms. The summed E-state index contributed by atoms with van der Waals surface area (Å²) in [5.41, 5.74) is 1.50. The highest BCUT2D eigenvalue weighted by Gasteiger charge is 2.35. The van der Waals surface area contributed by atoms with Crippen LogP contribution in [-0.2, 0) is 14.3 Å². The Kier molecular flexibility index (Phi) is 7.30. The number of nitrogens with zero attached hydrogens (tertiary/aromatic N) is 2. The van der Waals surface area contributed by atoms with E-state index in [1.165, 1.54) is 26.0 Å². The monoisotopic (exact) mass is 441 g/mol. The second-order valence-corrected chi connectivity index (χ2v) is 7.74. The summed E-state index contributed by atoms with van der Waals surface area (Å²) in [6.45, 7) is 2.29. The number of para-hydroxylation sites is 2. The van der Waals surface area contributed by atoms with E-state index in [4.69, 9.17) is 9.47 Å². The third-order valence-corrected chi connectivity index (χ3v) is 5.81. The van der Waals surface area contributed by atoms with Crippen molar-refractivity contribution in [1.29, 1.82) is 0 Å². The molecule has 162 valence electrons. The number of carbonyl (C=O) groups is 3. The molecule has 1 aliphatic heterocycles. The van der Waals surface area contributed by atoms with Crippen LogP contribution in [0.3, 0.4) is 0 Å². The average Bonchev–Trinajstić information content (AvgIpc) is 2.79. The van der Waals surface area contributed by atoms with Gasteiger partial charge < -0.3 is 14.8 Å². The quantitative estimate of drug-likeness (QED) is 0.690. The van der Waals surface area contributed by atoms with Crippen molar-refractivity contribution in [2.45, 2.75) is 18.6 Å². The molecule has 9 heteroatoms. The van der Waals surface area contributed by atoms with Crippen LogP contribution in [0, 0.1) is 0 Å². The number of rotatable bonds is 6. The number of hydrogen-bond donors (Lipinski definition) is 1. The SMILES string of the molecule is CCN1C(=O)CC(C(=O)Nc2ccccc2OC)SC1=Nc1ccc(C(=O)OC)cc1. The third-order valence-electron chi connectivity index (χ3n) is 4.63. The molecule has 2 aromatic rings. The van der Waals surface area contributed by atoms with Crippen LogP contribution in [0.4, 0.5) is 11.4 Å². The average molecular weight is 442 g/mol.